The summed E-state index contributed by atoms with van der Waals surface area (Å²) < 4.78 is 0. The van der Waals surface area contributed by atoms with Crippen molar-refractivity contribution in [2.45, 2.75) is 19.9 Å². The van der Waals surface area contributed by atoms with Crippen molar-refractivity contribution >= 4 is 17.7 Å². The molecule has 1 heterocycles. The largest absolute Gasteiger partial charge is 0.356 e. The minimum atomic E-state index is -0.0842. The number of anilines is 1. The Morgan fingerprint density at radius 2 is 1.88 bits per heavy atom. The number of nitrogens with zero attached hydrogens (tertiary/aromatic N) is 2. The van der Waals surface area contributed by atoms with Crippen LogP contribution < -0.4 is 16.0 Å². The number of amides is 1. The van der Waals surface area contributed by atoms with Crippen molar-refractivity contribution in [1.29, 1.82) is 0 Å². The van der Waals surface area contributed by atoms with E-state index < -0.39 is 0 Å². The minimum absolute atomic E-state index is 0.0842. The summed E-state index contributed by atoms with van der Waals surface area (Å²) in [6, 6.07) is 15.6. The Hall–Kier alpha value is -2.89. The van der Waals surface area contributed by atoms with Crippen LogP contribution in [0.25, 0.3) is 0 Å². The van der Waals surface area contributed by atoms with Gasteiger partial charge in [0, 0.05) is 32.3 Å². The van der Waals surface area contributed by atoms with E-state index >= 15 is 0 Å². The van der Waals surface area contributed by atoms with Gasteiger partial charge in [0.15, 0.2) is 5.96 Å². The first kappa shape index (κ1) is 17.5. The van der Waals surface area contributed by atoms with Crippen molar-refractivity contribution in [3.05, 3.63) is 59.8 Å². The Bertz CT molecular complexity index is 685. The number of hydrogen-bond donors (Lipinski definition) is 3. The number of aromatic nitrogens is 1. The van der Waals surface area contributed by atoms with Crippen molar-refractivity contribution in [2.24, 2.45) is 4.99 Å². The number of carbonyl (C=O) groups is 1. The lowest BCUT2D eigenvalue weighted by atomic mass is 10.2. The monoisotopic (exact) mass is 325 g/mol. The first-order valence-corrected chi connectivity index (χ1v) is 7.89. The van der Waals surface area contributed by atoms with Gasteiger partial charge >= 0.3 is 0 Å². The molecule has 0 bridgehead atoms. The average Bonchev–Trinajstić information content (AvgIpc) is 2.59. The maximum Gasteiger partial charge on any atom is 0.227 e. The lowest BCUT2D eigenvalue weighted by Gasteiger charge is -2.12. The number of rotatable bonds is 6. The molecule has 0 fully saturated rings. The molecule has 1 aromatic heterocycles. The van der Waals surface area contributed by atoms with Crippen molar-refractivity contribution in [1.82, 2.24) is 15.6 Å². The molecule has 0 spiro atoms. The van der Waals surface area contributed by atoms with Crippen LogP contribution in [-0.4, -0.2) is 30.4 Å². The Kier molecular flexibility index (Phi) is 6.76. The van der Waals surface area contributed by atoms with Gasteiger partial charge in [-0.3, -0.25) is 9.79 Å². The van der Waals surface area contributed by atoms with Crippen LogP contribution in [0, 0.1) is 6.92 Å². The smallest absolute Gasteiger partial charge is 0.227 e. The van der Waals surface area contributed by atoms with Gasteiger partial charge in [-0.25, -0.2) is 4.98 Å². The SMILES string of the molecule is CN=C(NCCC(=O)Nc1cccc(C)n1)NCc1ccccc1. The molecule has 2 rings (SSSR count). The first-order valence-electron chi connectivity index (χ1n) is 7.89. The first-order chi connectivity index (χ1) is 11.7. The predicted octanol–water partition coefficient (Wildman–Crippen LogP) is 2.08. The van der Waals surface area contributed by atoms with Gasteiger partial charge in [0.1, 0.15) is 5.82 Å². The fraction of sp³-hybridized carbons (Fsp3) is 0.278. The molecule has 1 aromatic carbocycles. The Morgan fingerprint density at radius 3 is 2.58 bits per heavy atom. The van der Waals surface area contributed by atoms with Crippen LogP contribution in [0.1, 0.15) is 17.7 Å². The topological polar surface area (TPSA) is 78.4 Å². The Labute approximate surface area is 142 Å². The second-order valence-electron chi connectivity index (χ2n) is 5.30. The predicted molar refractivity (Wildman–Crippen MR) is 96.9 cm³/mol. The van der Waals surface area contributed by atoms with E-state index in [9.17, 15) is 4.79 Å². The van der Waals surface area contributed by atoms with E-state index in [2.05, 4.69) is 25.9 Å². The summed E-state index contributed by atoms with van der Waals surface area (Å²) in [7, 11) is 1.71. The third-order valence-electron chi connectivity index (χ3n) is 3.33. The number of hydrogen-bond acceptors (Lipinski definition) is 3. The van der Waals surface area contributed by atoms with Crippen LogP contribution in [0.5, 0.6) is 0 Å². The summed E-state index contributed by atoms with van der Waals surface area (Å²) in [5, 5.41) is 9.12. The highest BCUT2D eigenvalue weighted by Gasteiger charge is 2.04. The third kappa shape index (κ3) is 6.08. The van der Waals surface area contributed by atoms with E-state index in [0.717, 1.165) is 5.69 Å². The summed E-state index contributed by atoms with van der Waals surface area (Å²) in [5.74, 6) is 1.16. The summed E-state index contributed by atoms with van der Waals surface area (Å²) in [6.45, 7) is 3.06. The molecule has 126 valence electrons. The van der Waals surface area contributed by atoms with E-state index in [1.54, 1.807) is 13.1 Å². The highest BCUT2D eigenvalue weighted by atomic mass is 16.1. The molecule has 0 saturated carbocycles. The number of pyridine rings is 1. The second-order valence-corrected chi connectivity index (χ2v) is 5.30. The lowest BCUT2D eigenvalue weighted by molar-refractivity contribution is -0.116. The third-order valence-corrected chi connectivity index (χ3v) is 3.33. The van der Waals surface area contributed by atoms with E-state index in [1.807, 2.05) is 49.4 Å². The van der Waals surface area contributed by atoms with E-state index in [0.29, 0.717) is 31.3 Å². The molecule has 6 nitrogen and oxygen atoms in total. The van der Waals surface area contributed by atoms with Crippen LogP contribution in [0.2, 0.25) is 0 Å². The molecule has 2 aromatic rings. The summed E-state index contributed by atoms with van der Waals surface area (Å²) in [4.78, 5) is 20.3. The van der Waals surface area contributed by atoms with Crippen LogP contribution in [0.15, 0.2) is 53.5 Å². The Morgan fingerprint density at radius 1 is 1.08 bits per heavy atom. The van der Waals surface area contributed by atoms with E-state index in [4.69, 9.17) is 0 Å². The summed E-state index contributed by atoms with van der Waals surface area (Å²) in [6.07, 6.45) is 0.335. The fourth-order valence-corrected chi connectivity index (χ4v) is 2.11. The zero-order valence-electron chi connectivity index (χ0n) is 14.0. The maximum atomic E-state index is 11.9. The minimum Gasteiger partial charge on any atom is -0.356 e. The molecular weight excluding hydrogens is 302 g/mol. The van der Waals surface area contributed by atoms with Crippen LogP contribution in [0.4, 0.5) is 5.82 Å². The normalized spacial score (nSPS) is 11.0. The van der Waals surface area contributed by atoms with Gasteiger partial charge in [-0.2, -0.15) is 0 Å². The number of guanidine groups is 1. The molecular formula is C18H23N5O. The number of nitrogens with one attached hydrogen (secondary N) is 3. The van der Waals surface area contributed by atoms with E-state index in [-0.39, 0.29) is 5.91 Å². The lowest BCUT2D eigenvalue weighted by Crippen LogP contribution is -2.38. The molecule has 6 heteroatoms. The second kappa shape index (κ2) is 9.29. The van der Waals surface area contributed by atoms with Gasteiger partial charge in [-0.05, 0) is 24.6 Å². The van der Waals surface area contributed by atoms with Gasteiger partial charge in [0.25, 0.3) is 0 Å². The van der Waals surface area contributed by atoms with Crippen molar-refractivity contribution in [3.63, 3.8) is 0 Å². The highest BCUT2D eigenvalue weighted by molar-refractivity contribution is 5.90. The Balaban J connectivity index is 1.70. The molecule has 0 atom stereocenters. The van der Waals surface area contributed by atoms with Crippen LogP contribution in [-0.2, 0) is 11.3 Å². The standard InChI is InChI=1S/C18H23N5O/c1-14-7-6-10-16(22-14)23-17(24)11-12-20-18(19-2)21-13-15-8-4-3-5-9-15/h3-10H,11-13H2,1-2H3,(H2,19,20,21)(H,22,23,24). The van der Waals surface area contributed by atoms with Crippen LogP contribution >= 0.6 is 0 Å². The maximum absolute atomic E-state index is 11.9. The number of aliphatic imine (C=N–C) groups is 1. The highest BCUT2D eigenvalue weighted by Crippen LogP contribution is 2.04. The zero-order valence-corrected chi connectivity index (χ0v) is 14.0. The van der Waals surface area contributed by atoms with Gasteiger partial charge in [-0.15, -0.1) is 0 Å². The van der Waals surface area contributed by atoms with Crippen LogP contribution in [0.3, 0.4) is 0 Å². The summed E-state index contributed by atoms with van der Waals surface area (Å²) in [5.41, 5.74) is 2.04. The van der Waals surface area contributed by atoms with Crippen molar-refractivity contribution in [2.75, 3.05) is 18.9 Å². The summed E-state index contributed by atoms with van der Waals surface area (Å²) >= 11 is 0. The molecule has 1 amide bonds. The molecule has 0 saturated heterocycles. The van der Waals surface area contributed by atoms with Gasteiger partial charge in [0.05, 0.1) is 0 Å². The fourth-order valence-electron chi connectivity index (χ4n) is 2.11. The molecule has 0 unspecified atom stereocenters. The zero-order chi connectivity index (χ0) is 17.2. The number of carbonyl (C=O) groups excluding carboxylic acids is 1. The van der Waals surface area contributed by atoms with Gasteiger partial charge < -0.3 is 16.0 Å². The average molecular weight is 325 g/mol. The molecule has 0 aliphatic carbocycles. The molecule has 24 heavy (non-hydrogen) atoms. The quantitative estimate of drug-likeness (QED) is 0.561. The van der Waals surface area contributed by atoms with Gasteiger partial charge in [-0.1, -0.05) is 36.4 Å². The molecule has 3 N–H and O–H groups in total. The number of aryl methyl sites for hydroxylation is 1. The van der Waals surface area contributed by atoms with Crippen molar-refractivity contribution in [3.8, 4) is 0 Å². The molecule has 0 aliphatic rings. The van der Waals surface area contributed by atoms with E-state index in [1.165, 1.54) is 5.56 Å². The molecule has 0 radical (unpaired) electrons. The molecule has 0 aliphatic heterocycles. The van der Waals surface area contributed by atoms with Gasteiger partial charge in [0.2, 0.25) is 5.91 Å². The van der Waals surface area contributed by atoms with Crippen molar-refractivity contribution < 1.29 is 4.79 Å². The number of benzene rings is 1.